The molecule has 3 aromatic rings. The quantitative estimate of drug-likeness (QED) is 0.619. The third kappa shape index (κ3) is 3.77. The van der Waals surface area contributed by atoms with E-state index in [4.69, 9.17) is 14.7 Å². The molecular weight excluding hydrogens is 380 g/mol. The zero-order chi connectivity index (χ0) is 19.6. The first-order valence-electron chi connectivity index (χ1n) is 10.6. The van der Waals surface area contributed by atoms with Crippen molar-refractivity contribution in [2.24, 2.45) is 0 Å². The van der Waals surface area contributed by atoms with E-state index in [0.29, 0.717) is 6.61 Å². The lowest BCUT2D eigenvalue weighted by molar-refractivity contribution is 0.178. The Bertz CT molecular complexity index is 960. The first-order valence-corrected chi connectivity index (χ1v) is 11.5. The van der Waals surface area contributed by atoms with E-state index in [1.54, 1.807) is 18.4 Å². The fourth-order valence-electron chi connectivity index (χ4n) is 4.77. The first kappa shape index (κ1) is 19.0. The number of methoxy groups -OCH3 is 1. The molecule has 1 aromatic carbocycles. The number of fused-ring (bicyclic) bond motifs is 1. The van der Waals surface area contributed by atoms with Crippen molar-refractivity contribution < 1.29 is 4.74 Å². The number of hydrogen-bond acceptors (Lipinski definition) is 6. The van der Waals surface area contributed by atoms with Gasteiger partial charge in [-0.25, -0.2) is 9.97 Å². The van der Waals surface area contributed by atoms with E-state index in [0.717, 1.165) is 35.6 Å². The lowest BCUT2D eigenvalue weighted by Crippen LogP contribution is -2.44. The topological polar surface area (TPSA) is 41.5 Å². The van der Waals surface area contributed by atoms with Gasteiger partial charge in [0.2, 0.25) is 0 Å². The van der Waals surface area contributed by atoms with Crippen LogP contribution in [-0.2, 0) is 11.3 Å². The Labute approximate surface area is 176 Å². The average Bonchev–Trinajstić information content (AvgIpc) is 3.45. The van der Waals surface area contributed by atoms with Crippen LogP contribution in [0.1, 0.15) is 31.5 Å². The van der Waals surface area contributed by atoms with Crippen LogP contribution in [-0.4, -0.2) is 54.2 Å². The van der Waals surface area contributed by atoms with Gasteiger partial charge in [-0.1, -0.05) is 30.3 Å². The molecule has 5 nitrogen and oxygen atoms in total. The van der Waals surface area contributed by atoms with Gasteiger partial charge < -0.3 is 14.5 Å². The number of nitrogens with zero attached hydrogens (tertiary/aromatic N) is 4. The predicted molar refractivity (Wildman–Crippen MR) is 120 cm³/mol. The second-order valence-corrected chi connectivity index (χ2v) is 8.91. The first-order chi connectivity index (χ1) is 14.3. The van der Waals surface area contributed by atoms with E-state index in [2.05, 4.69) is 45.5 Å². The summed E-state index contributed by atoms with van der Waals surface area (Å²) in [5.74, 6) is 1.86. The summed E-state index contributed by atoms with van der Waals surface area (Å²) in [5.41, 5.74) is 2.47. The Morgan fingerprint density at radius 2 is 1.79 bits per heavy atom. The van der Waals surface area contributed by atoms with E-state index in [9.17, 15) is 0 Å². The van der Waals surface area contributed by atoms with Crippen molar-refractivity contribution in [3.8, 4) is 11.1 Å². The maximum atomic E-state index is 5.35. The minimum absolute atomic E-state index is 0.450. The maximum absolute atomic E-state index is 5.35. The molecule has 5 rings (SSSR count). The Balaban J connectivity index is 1.50. The van der Waals surface area contributed by atoms with Crippen LogP contribution in [0.4, 0.5) is 5.82 Å². The normalized spacial score (nSPS) is 18.7. The molecule has 29 heavy (non-hydrogen) atoms. The second-order valence-electron chi connectivity index (χ2n) is 8.05. The summed E-state index contributed by atoms with van der Waals surface area (Å²) in [7, 11) is 1.71. The van der Waals surface area contributed by atoms with Gasteiger partial charge in [-0.3, -0.25) is 0 Å². The Morgan fingerprint density at radius 1 is 1.03 bits per heavy atom. The predicted octanol–water partition coefficient (Wildman–Crippen LogP) is 4.57. The molecule has 2 aromatic heterocycles. The highest BCUT2D eigenvalue weighted by molar-refractivity contribution is 7.17. The van der Waals surface area contributed by atoms with E-state index in [1.807, 2.05) is 0 Å². The van der Waals surface area contributed by atoms with Gasteiger partial charge in [-0.05, 0) is 44.3 Å². The highest BCUT2D eigenvalue weighted by atomic mass is 32.1. The molecule has 4 heterocycles. The smallest absolute Gasteiger partial charge is 0.158 e. The van der Waals surface area contributed by atoms with Crippen LogP contribution in [0, 0.1) is 0 Å². The Hall–Kier alpha value is -2.02. The highest BCUT2D eigenvalue weighted by Crippen LogP contribution is 2.39. The third-order valence-corrected chi connectivity index (χ3v) is 7.11. The minimum Gasteiger partial charge on any atom is -0.377 e. The molecule has 2 fully saturated rings. The summed E-state index contributed by atoms with van der Waals surface area (Å²) >= 11 is 1.71. The van der Waals surface area contributed by atoms with Gasteiger partial charge in [0.05, 0.1) is 5.39 Å². The fourth-order valence-corrected chi connectivity index (χ4v) is 5.73. The lowest BCUT2D eigenvalue weighted by atomic mass is 10.0. The molecule has 0 aliphatic carbocycles. The zero-order valence-corrected chi connectivity index (χ0v) is 17.8. The molecule has 0 N–H and O–H groups in total. The molecule has 0 bridgehead atoms. The molecule has 2 aliphatic heterocycles. The number of rotatable bonds is 5. The van der Waals surface area contributed by atoms with Crippen molar-refractivity contribution in [3.63, 3.8) is 0 Å². The van der Waals surface area contributed by atoms with E-state index >= 15 is 0 Å². The molecule has 0 spiro atoms. The Morgan fingerprint density at radius 3 is 2.52 bits per heavy atom. The van der Waals surface area contributed by atoms with Crippen LogP contribution in [0.2, 0.25) is 0 Å². The third-order valence-electron chi connectivity index (χ3n) is 6.24. The van der Waals surface area contributed by atoms with Crippen LogP contribution in [0.15, 0.2) is 35.7 Å². The Kier molecular flexibility index (Phi) is 5.48. The molecule has 2 aliphatic rings. The molecule has 0 atom stereocenters. The van der Waals surface area contributed by atoms with E-state index in [1.165, 1.54) is 55.3 Å². The minimum atomic E-state index is 0.450. The van der Waals surface area contributed by atoms with Crippen molar-refractivity contribution in [1.82, 2.24) is 14.9 Å². The highest BCUT2D eigenvalue weighted by Gasteiger charge is 2.28. The second kappa shape index (κ2) is 8.38. The monoisotopic (exact) mass is 408 g/mol. The number of benzene rings is 1. The van der Waals surface area contributed by atoms with Gasteiger partial charge in [0.25, 0.3) is 0 Å². The fraction of sp³-hybridized carbons (Fsp3) is 0.478. The number of aromatic nitrogens is 2. The summed E-state index contributed by atoms with van der Waals surface area (Å²) < 4.78 is 5.35. The standard InChI is InChI=1S/C23H28N4OS/c1-28-15-20-24-22(27-13-9-18(10-14-27)26-11-5-6-12-26)21-19(16-29-23(21)25-20)17-7-3-2-4-8-17/h2-4,7-8,16,18H,5-6,9-15H2,1H3. The molecule has 0 radical (unpaired) electrons. The number of thiophene rings is 1. The number of hydrogen-bond donors (Lipinski definition) is 0. The van der Waals surface area contributed by atoms with Crippen molar-refractivity contribution >= 4 is 27.4 Å². The summed E-state index contributed by atoms with van der Waals surface area (Å²) in [6, 6.07) is 11.3. The molecule has 0 unspecified atom stereocenters. The largest absolute Gasteiger partial charge is 0.377 e. The summed E-state index contributed by atoms with van der Waals surface area (Å²) in [6.07, 6.45) is 5.16. The van der Waals surface area contributed by atoms with Gasteiger partial charge in [-0.2, -0.15) is 0 Å². The average molecular weight is 409 g/mol. The van der Waals surface area contributed by atoms with Gasteiger partial charge in [0, 0.05) is 37.2 Å². The number of piperidine rings is 1. The summed E-state index contributed by atoms with van der Waals surface area (Å²) in [4.78, 5) is 16.0. The lowest BCUT2D eigenvalue weighted by Gasteiger charge is -2.37. The summed E-state index contributed by atoms with van der Waals surface area (Å²) in [5, 5.41) is 3.42. The molecule has 2 saturated heterocycles. The maximum Gasteiger partial charge on any atom is 0.158 e. The van der Waals surface area contributed by atoms with Crippen LogP contribution in [0.5, 0.6) is 0 Å². The molecule has 6 heteroatoms. The molecule has 152 valence electrons. The van der Waals surface area contributed by atoms with Crippen LogP contribution >= 0.6 is 11.3 Å². The van der Waals surface area contributed by atoms with E-state index < -0.39 is 0 Å². The summed E-state index contributed by atoms with van der Waals surface area (Å²) in [6.45, 7) is 5.13. The van der Waals surface area contributed by atoms with Gasteiger partial charge in [-0.15, -0.1) is 11.3 Å². The van der Waals surface area contributed by atoms with Crippen LogP contribution < -0.4 is 4.90 Å². The van der Waals surface area contributed by atoms with Crippen molar-refractivity contribution in [2.75, 3.05) is 38.2 Å². The zero-order valence-electron chi connectivity index (χ0n) is 17.0. The number of ether oxygens (including phenoxy) is 1. The van der Waals surface area contributed by atoms with Crippen LogP contribution in [0.25, 0.3) is 21.3 Å². The van der Waals surface area contributed by atoms with Gasteiger partial charge in [0.1, 0.15) is 17.3 Å². The molecular formula is C23H28N4OS. The molecule has 0 amide bonds. The number of likely N-dealkylation sites (tertiary alicyclic amines) is 1. The van der Waals surface area contributed by atoms with E-state index in [-0.39, 0.29) is 0 Å². The molecule has 0 saturated carbocycles. The number of anilines is 1. The van der Waals surface area contributed by atoms with Crippen molar-refractivity contribution in [3.05, 3.63) is 41.5 Å². The van der Waals surface area contributed by atoms with Gasteiger partial charge in [0.15, 0.2) is 5.82 Å². The van der Waals surface area contributed by atoms with Crippen molar-refractivity contribution in [2.45, 2.75) is 38.3 Å². The van der Waals surface area contributed by atoms with Crippen LogP contribution in [0.3, 0.4) is 0 Å². The van der Waals surface area contributed by atoms with Gasteiger partial charge >= 0.3 is 0 Å². The van der Waals surface area contributed by atoms with Crippen molar-refractivity contribution in [1.29, 1.82) is 0 Å². The SMILES string of the molecule is COCc1nc(N2CCC(N3CCCC3)CC2)c2c(-c3ccccc3)csc2n1.